The fourth-order valence-electron chi connectivity index (χ4n) is 2.14. The Labute approximate surface area is 109 Å². The van der Waals surface area contributed by atoms with Crippen LogP contribution in [0.15, 0.2) is 47.4 Å². The number of fused-ring (bicyclic) bond motifs is 1. The first-order valence-corrected chi connectivity index (χ1v) is 7.19. The topological polar surface area (TPSA) is 29.5 Å². The molecular weight excluding hydrogens is 246 g/mol. The summed E-state index contributed by atoms with van der Waals surface area (Å²) in [4.78, 5) is 0.871. The summed E-state index contributed by atoms with van der Waals surface area (Å²) in [6.45, 7) is 2.80. The first-order chi connectivity index (χ1) is 8.84. The molecule has 0 bridgehead atoms. The van der Waals surface area contributed by atoms with Crippen molar-refractivity contribution in [3.63, 3.8) is 0 Å². The molecule has 0 N–H and O–H groups in total. The minimum absolute atomic E-state index is 0.666. The summed E-state index contributed by atoms with van der Waals surface area (Å²) in [5.41, 5.74) is 0. The average molecular weight is 261 g/mol. The minimum atomic E-state index is -1.07. The molecule has 2 aromatic carbocycles. The van der Waals surface area contributed by atoms with Gasteiger partial charge in [-0.05, 0) is 22.9 Å². The second-order valence-electron chi connectivity index (χ2n) is 4.30. The molecule has 0 radical (unpaired) electrons. The third-order valence-electron chi connectivity index (χ3n) is 3.13. The highest BCUT2D eigenvalue weighted by atomic mass is 32.2. The lowest BCUT2D eigenvalue weighted by atomic mass is 10.1. The van der Waals surface area contributed by atoms with Gasteiger partial charge in [0.2, 0.25) is 0 Å². The van der Waals surface area contributed by atoms with Gasteiger partial charge in [-0.2, -0.15) is 0 Å². The van der Waals surface area contributed by atoms with Crippen molar-refractivity contribution >= 4 is 21.8 Å². The zero-order chi connectivity index (χ0) is 12.4. The van der Waals surface area contributed by atoms with Crippen molar-refractivity contribution in [1.29, 1.82) is 0 Å². The Bertz CT molecular complexity index is 579. The molecule has 0 amide bonds. The number of morpholine rings is 1. The SMILES string of the molecule is O=S(c1ccc2ccccc2c1)N1CCOCC1. The predicted octanol–water partition coefficient (Wildman–Crippen LogP) is 2.19. The first-order valence-electron chi connectivity index (χ1n) is 6.08. The van der Waals surface area contributed by atoms with Crippen LogP contribution in [-0.2, 0) is 15.7 Å². The number of hydrogen-bond acceptors (Lipinski definition) is 2. The van der Waals surface area contributed by atoms with E-state index in [2.05, 4.69) is 12.1 Å². The van der Waals surface area contributed by atoms with E-state index >= 15 is 0 Å². The van der Waals surface area contributed by atoms with Crippen LogP contribution in [0.4, 0.5) is 0 Å². The molecule has 3 nitrogen and oxygen atoms in total. The zero-order valence-electron chi connectivity index (χ0n) is 10.0. The fraction of sp³-hybridized carbons (Fsp3) is 0.286. The smallest absolute Gasteiger partial charge is 0.127 e. The van der Waals surface area contributed by atoms with Crippen LogP contribution in [0.3, 0.4) is 0 Å². The lowest BCUT2D eigenvalue weighted by molar-refractivity contribution is 0.0752. The van der Waals surface area contributed by atoms with Crippen LogP contribution in [0.25, 0.3) is 10.8 Å². The van der Waals surface area contributed by atoms with E-state index in [1.54, 1.807) is 0 Å². The maximum atomic E-state index is 12.4. The monoisotopic (exact) mass is 261 g/mol. The molecule has 1 fully saturated rings. The number of rotatable bonds is 2. The van der Waals surface area contributed by atoms with Crippen molar-refractivity contribution in [2.45, 2.75) is 4.90 Å². The largest absolute Gasteiger partial charge is 0.379 e. The zero-order valence-corrected chi connectivity index (χ0v) is 10.9. The Balaban J connectivity index is 1.91. The van der Waals surface area contributed by atoms with Crippen molar-refractivity contribution in [3.8, 4) is 0 Å². The maximum Gasteiger partial charge on any atom is 0.127 e. The average Bonchev–Trinajstić information content (AvgIpc) is 2.47. The van der Waals surface area contributed by atoms with Gasteiger partial charge in [0.25, 0.3) is 0 Å². The third-order valence-corrected chi connectivity index (χ3v) is 4.62. The van der Waals surface area contributed by atoms with Crippen molar-refractivity contribution in [1.82, 2.24) is 4.31 Å². The summed E-state index contributed by atoms with van der Waals surface area (Å²) in [6, 6.07) is 14.1. The predicted molar refractivity (Wildman–Crippen MR) is 72.7 cm³/mol. The van der Waals surface area contributed by atoms with Crippen LogP contribution in [0.2, 0.25) is 0 Å². The molecule has 1 unspecified atom stereocenters. The van der Waals surface area contributed by atoms with Gasteiger partial charge in [0.1, 0.15) is 11.0 Å². The molecule has 1 saturated heterocycles. The van der Waals surface area contributed by atoms with Crippen LogP contribution in [0.5, 0.6) is 0 Å². The Hall–Kier alpha value is -1.23. The van der Waals surface area contributed by atoms with E-state index in [4.69, 9.17) is 4.74 Å². The quantitative estimate of drug-likeness (QED) is 0.829. The highest BCUT2D eigenvalue weighted by Gasteiger charge is 2.18. The van der Waals surface area contributed by atoms with Crippen LogP contribution in [-0.4, -0.2) is 34.8 Å². The molecule has 0 aliphatic carbocycles. The van der Waals surface area contributed by atoms with E-state index in [-0.39, 0.29) is 0 Å². The summed E-state index contributed by atoms with van der Waals surface area (Å²) in [7, 11) is -1.07. The molecule has 0 aromatic heterocycles. The van der Waals surface area contributed by atoms with Crippen LogP contribution >= 0.6 is 0 Å². The summed E-state index contributed by atoms with van der Waals surface area (Å²) in [5, 5.41) is 2.32. The van der Waals surface area contributed by atoms with Crippen LogP contribution in [0.1, 0.15) is 0 Å². The lowest BCUT2D eigenvalue weighted by Crippen LogP contribution is -2.37. The Kier molecular flexibility index (Phi) is 3.41. The second kappa shape index (κ2) is 5.18. The minimum Gasteiger partial charge on any atom is -0.379 e. The summed E-state index contributed by atoms with van der Waals surface area (Å²) in [6.07, 6.45) is 0. The molecule has 94 valence electrons. The molecule has 2 aromatic rings. The van der Waals surface area contributed by atoms with Gasteiger partial charge in [0, 0.05) is 13.1 Å². The standard InChI is InChI=1S/C14H15NO2S/c16-18(15-7-9-17-10-8-15)14-6-5-12-3-1-2-4-13(12)11-14/h1-6,11H,7-10H2. The Morgan fingerprint density at radius 2 is 1.72 bits per heavy atom. The first kappa shape index (κ1) is 11.8. The van der Waals surface area contributed by atoms with Crippen LogP contribution in [0, 0.1) is 0 Å². The third kappa shape index (κ3) is 2.32. The molecular formula is C14H15NO2S. The molecule has 1 aliphatic rings. The van der Waals surface area contributed by atoms with Gasteiger partial charge >= 0.3 is 0 Å². The van der Waals surface area contributed by atoms with E-state index < -0.39 is 11.0 Å². The van der Waals surface area contributed by atoms with Gasteiger partial charge in [-0.25, -0.2) is 8.51 Å². The maximum absolute atomic E-state index is 12.4. The van der Waals surface area contributed by atoms with E-state index in [1.807, 2.05) is 34.6 Å². The number of nitrogens with zero attached hydrogens (tertiary/aromatic N) is 1. The Morgan fingerprint density at radius 3 is 2.50 bits per heavy atom. The molecule has 4 heteroatoms. The highest BCUT2D eigenvalue weighted by Crippen LogP contribution is 2.19. The van der Waals surface area contributed by atoms with Gasteiger partial charge in [0.05, 0.1) is 18.1 Å². The summed E-state index contributed by atoms with van der Waals surface area (Å²) in [5.74, 6) is 0. The Morgan fingerprint density at radius 1 is 1.00 bits per heavy atom. The van der Waals surface area contributed by atoms with Crippen molar-refractivity contribution < 1.29 is 8.95 Å². The molecule has 3 rings (SSSR count). The second-order valence-corrected chi connectivity index (χ2v) is 5.79. The summed E-state index contributed by atoms with van der Waals surface area (Å²) >= 11 is 0. The van der Waals surface area contributed by atoms with Crippen molar-refractivity contribution in [2.24, 2.45) is 0 Å². The normalized spacial score (nSPS) is 18.9. The number of benzene rings is 2. The molecule has 1 aliphatic heterocycles. The highest BCUT2D eigenvalue weighted by molar-refractivity contribution is 7.82. The molecule has 0 saturated carbocycles. The van der Waals surface area contributed by atoms with Crippen molar-refractivity contribution in [3.05, 3.63) is 42.5 Å². The van der Waals surface area contributed by atoms with E-state index in [0.717, 1.165) is 23.4 Å². The van der Waals surface area contributed by atoms with Gasteiger partial charge in [-0.15, -0.1) is 0 Å². The molecule has 18 heavy (non-hydrogen) atoms. The van der Waals surface area contributed by atoms with E-state index in [9.17, 15) is 4.21 Å². The van der Waals surface area contributed by atoms with E-state index in [1.165, 1.54) is 5.39 Å². The molecule has 1 heterocycles. The molecule has 1 atom stereocenters. The van der Waals surface area contributed by atoms with Crippen molar-refractivity contribution in [2.75, 3.05) is 26.3 Å². The van der Waals surface area contributed by atoms with Gasteiger partial charge in [-0.1, -0.05) is 30.3 Å². The van der Waals surface area contributed by atoms with Crippen LogP contribution < -0.4 is 0 Å². The lowest BCUT2D eigenvalue weighted by Gasteiger charge is -2.25. The number of hydrogen-bond donors (Lipinski definition) is 0. The van der Waals surface area contributed by atoms with Gasteiger partial charge < -0.3 is 4.74 Å². The fourth-order valence-corrected chi connectivity index (χ4v) is 3.33. The van der Waals surface area contributed by atoms with Gasteiger partial charge in [-0.3, -0.25) is 0 Å². The van der Waals surface area contributed by atoms with E-state index in [0.29, 0.717) is 13.2 Å². The molecule has 0 spiro atoms. The van der Waals surface area contributed by atoms with Gasteiger partial charge in [0.15, 0.2) is 0 Å². The summed E-state index contributed by atoms with van der Waals surface area (Å²) < 4.78 is 19.7. The number of ether oxygens (including phenoxy) is 1.